The van der Waals surface area contributed by atoms with E-state index in [0.717, 1.165) is 5.56 Å². The zero-order valence-electron chi connectivity index (χ0n) is 10.7. The van der Waals surface area contributed by atoms with Crippen molar-refractivity contribution in [2.75, 3.05) is 19.0 Å². The number of anilines is 1. The molecule has 0 aliphatic rings. The molecule has 1 heterocycles. The van der Waals surface area contributed by atoms with E-state index in [1.165, 1.54) is 6.92 Å². The number of rotatable bonds is 6. The molecule has 1 aromatic heterocycles. The number of nitrogens with one attached hydrogen (secondary N) is 1. The summed E-state index contributed by atoms with van der Waals surface area (Å²) in [5, 5.41) is 20.9. The van der Waals surface area contributed by atoms with Gasteiger partial charge in [-0.15, -0.1) is 0 Å². The van der Waals surface area contributed by atoms with Crippen LogP contribution >= 0.6 is 0 Å². The molecule has 0 saturated heterocycles. The first-order valence-electron chi connectivity index (χ1n) is 5.54. The van der Waals surface area contributed by atoms with E-state index in [-0.39, 0.29) is 6.54 Å². The minimum absolute atomic E-state index is 0.287. The SMILES string of the molecule is CC(O)C(NCc1cnc(N(C)C)nc1)C(=O)O. The summed E-state index contributed by atoms with van der Waals surface area (Å²) in [6, 6.07) is -1.00. The Balaban J connectivity index is 2.60. The molecule has 0 aromatic carbocycles. The molecule has 3 N–H and O–H groups in total. The van der Waals surface area contributed by atoms with Gasteiger partial charge in [-0.2, -0.15) is 0 Å². The van der Waals surface area contributed by atoms with Crippen LogP contribution in [0.3, 0.4) is 0 Å². The standard InChI is InChI=1S/C11H18N4O3/c1-7(16)9(10(17)18)12-4-8-5-13-11(14-6-8)15(2)3/h5-7,9,12,16H,4H2,1-3H3,(H,17,18). The molecule has 0 amide bonds. The highest BCUT2D eigenvalue weighted by Crippen LogP contribution is 2.03. The number of aliphatic hydroxyl groups is 1. The van der Waals surface area contributed by atoms with Gasteiger partial charge in [0.1, 0.15) is 6.04 Å². The molecule has 0 radical (unpaired) electrons. The first-order valence-corrected chi connectivity index (χ1v) is 5.54. The Morgan fingerprint density at radius 3 is 2.39 bits per heavy atom. The van der Waals surface area contributed by atoms with E-state index < -0.39 is 18.1 Å². The molecular formula is C11H18N4O3. The van der Waals surface area contributed by atoms with E-state index in [0.29, 0.717) is 5.95 Å². The quantitative estimate of drug-likeness (QED) is 0.627. The number of aromatic nitrogens is 2. The molecule has 18 heavy (non-hydrogen) atoms. The number of aliphatic carboxylic acids is 1. The number of aliphatic hydroxyl groups excluding tert-OH is 1. The van der Waals surface area contributed by atoms with Crippen molar-refractivity contribution < 1.29 is 15.0 Å². The summed E-state index contributed by atoms with van der Waals surface area (Å²) in [4.78, 5) is 20.8. The molecule has 2 unspecified atom stereocenters. The normalized spacial score (nSPS) is 14.0. The van der Waals surface area contributed by atoms with Gasteiger partial charge in [-0.25, -0.2) is 9.97 Å². The smallest absolute Gasteiger partial charge is 0.323 e. The highest BCUT2D eigenvalue weighted by molar-refractivity contribution is 5.74. The summed E-state index contributed by atoms with van der Waals surface area (Å²) in [7, 11) is 3.67. The second kappa shape index (κ2) is 6.27. The number of hydrogen-bond donors (Lipinski definition) is 3. The molecule has 100 valence electrons. The van der Waals surface area contributed by atoms with Crippen LogP contribution in [0.25, 0.3) is 0 Å². The van der Waals surface area contributed by atoms with E-state index in [4.69, 9.17) is 5.11 Å². The van der Waals surface area contributed by atoms with Gasteiger partial charge < -0.3 is 15.1 Å². The molecule has 7 nitrogen and oxygen atoms in total. The molecule has 1 aromatic rings. The highest BCUT2D eigenvalue weighted by atomic mass is 16.4. The molecule has 0 aliphatic heterocycles. The lowest BCUT2D eigenvalue weighted by Crippen LogP contribution is -2.44. The van der Waals surface area contributed by atoms with Crippen molar-refractivity contribution in [3.8, 4) is 0 Å². The minimum atomic E-state index is -1.09. The second-order valence-electron chi connectivity index (χ2n) is 4.22. The Morgan fingerprint density at radius 2 is 2.00 bits per heavy atom. The van der Waals surface area contributed by atoms with Crippen LogP contribution in [-0.4, -0.2) is 52.4 Å². The lowest BCUT2D eigenvalue weighted by molar-refractivity contribution is -0.142. The number of carbonyl (C=O) groups is 1. The minimum Gasteiger partial charge on any atom is -0.480 e. The van der Waals surface area contributed by atoms with Crippen molar-refractivity contribution in [3.63, 3.8) is 0 Å². The van der Waals surface area contributed by atoms with Gasteiger partial charge in [-0.3, -0.25) is 10.1 Å². The van der Waals surface area contributed by atoms with Crippen molar-refractivity contribution >= 4 is 11.9 Å². The summed E-state index contributed by atoms with van der Waals surface area (Å²) >= 11 is 0. The van der Waals surface area contributed by atoms with Crippen LogP contribution in [0.15, 0.2) is 12.4 Å². The van der Waals surface area contributed by atoms with Gasteiger partial charge in [-0.05, 0) is 6.92 Å². The van der Waals surface area contributed by atoms with Crippen LogP contribution in [-0.2, 0) is 11.3 Å². The number of hydrogen-bond acceptors (Lipinski definition) is 6. The number of carboxylic acids is 1. The maximum atomic E-state index is 10.8. The summed E-state index contributed by atoms with van der Waals surface area (Å²) in [6.45, 7) is 1.72. The van der Waals surface area contributed by atoms with Crippen molar-refractivity contribution in [1.82, 2.24) is 15.3 Å². The van der Waals surface area contributed by atoms with Crippen LogP contribution < -0.4 is 10.2 Å². The van der Waals surface area contributed by atoms with Gasteiger partial charge in [0, 0.05) is 38.6 Å². The monoisotopic (exact) mass is 254 g/mol. The highest BCUT2D eigenvalue weighted by Gasteiger charge is 2.22. The molecule has 0 fully saturated rings. The Hall–Kier alpha value is -1.73. The lowest BCUT2D eigenvalue weighted by atomic mass is 10.2. The van der Waals surface area contributed by atoms with Crippen LogP contribution in [0.4, 0.5) is 5.95 Å². The van der Waals surface area contributed by atoms with E-state index in [1.54, 1.807) is 17.3 Å². The van der Waals surface area contributed by atoms with Gasteiger partial charge >= 0.3 is 5.97 Å². The second-order valence-corrected chi connectivity index (χ2v) is 4.22. The van der Waals surface area contributed by atoms with Crippen molar-refractivity contribution in [2.45, 2.75) is 25.6 Å². The topological polar surface area (TPSA) is 98.6 Å². The summed E-state index contributed by atoms with van der Waals surface area (Å²) < 4.78 is 0. The van der Waals surface area contributed by atoms with Crippen LogP contribution in [0.2, 0.25) is 0 Å². The average molecular weight is 254 g/mol. The molecule has 1 rings (SSSR count). The van der Waals surface area contributed by atoms with Crippen molar-refractivity contribution in [2.24, 2.45) is 0 Å². The fourth-order valence-electron chi connectivity index (χ4n) is 1.36. The van der Waals surface area contributed by atoms with Crippen LogP contribution in [0.5, 0.6) is 0 Å². The van der Waals surface area contributed by atoms with Gasteiger partial charge in [0.05, 0.1) is 6.10 Å². The third kappa shape index (κ3) is 3.94. The van der Waals surface area contributed by atoms with E-state index in [2.05, 4.69) is 15.3 Å². The third-order valence-electron chi connectivity index (χ3n) is 2.37. The molecule has 0 spiro atoms. The van der Waals surface area contributed by atoms with Gasteiger partial charge in [-0.1, -0.05) is 0 Å². The van der Waals surface area contributed by atoms with Crippen LogP contribution in [0, 0.1) is 0 Å². The summed E-state index contributed by atoms with van der Waals surface area (Å²) in [5.74, 6) is -0.500. The molecule has 0 aliphatic carbocycles. The zero-order chi connectivity index (χ0) is 13.7. The molecule has 2 atom stereocenters. The maximum absolute atomic E-state index is 10.8. The zero-order valence-corrected chi connectivity index (χ0v) is 10.7. The summed E-state index contributed by atoms with van der Waals surface area (Å²) in [5.41, 5.74) is 0.757. The Labute approximate surface area is 105 Å². The molecule has 7 heteroatoms. The van der Waals surface area contributed by atoms with E-state index >= 15 is 0 Å². The number of carboxylic acid groups (broad SMARTS) is 1. The lowest BCUT2D eigenvalue weighted by Gasteiger charge is -2.17. The predicted octanol–water partition coefficient (Wildman–Crippen LogP) is -0.534. The van der Waals surface area contributed by atoms with E-state index in [9.17, 15) is 9.90 Å². The van der Waals surface area contributed by atoms with Crippen LogP contribution in [0.1, 0.15) is 12.5 Å². The molecule has 0 saturated carbocycles. The third-order valence-corrected chi connectivity index (χ3v) is 2.37. The van der Waals surface area contributed by atoms with Crippen molar-refractivity contribution in [3.05, 3.63) is 18.0 Å². The first kappa shape index (κ1) is 14.3. The number of nitrogens with zero attached hydrogens (tertiary/aromatic N) is 3. The van der Waals surface area contributed by atoms with Gasteiger partial charge in [0.25, 0.3) is 0 Å². The maximum Gasteiger partial charge on any atom is 0.323 e. The average Bonchev–Trinajstić information content (AvgIpc) is 2.28. The fourth-order valence-corrected chi connectivity index (χ4v) is 1.36. The largest absolute Gasteiger partial charge is 0.480 e. The molecule has 0 bridgehead atoms. The predicted molar refractivity (Wildman–Crippen MR) is 66.3 cm³/mol. The van der Waals surface area contributed by atoms with E-state index in [1.807, 2.05) is 14.1 Å². The Kier molecular flexibility index (Phi) is 4.99. The summed E-state index contributed by atoms with van der Waals surface area (Å²) in [6.07, 6.45) is 2.27. The Morgan fingerprint density at radius 1 is 1.44 bits per heavy atom. The molecular weight excluding hydrogens is 236 g/mol. The first-order chi connectivity index (χ1) is 8.41. The Bertz CT molecular complexity index is 392. The van der Waals surface area contributed by atoms with Gasteiger partial charge in [0.2, 0.25) is 5.95 Å². The fraction of sp³-hybridized carbons (Fsp3) is 0.545. The van der Waals surface area contributed by atoms with Gasteiger partial charge in [0.15, 0.2) is 0 Å². The van der Waals surface area contributed by atoms with Crippen molar-refractivity contribution in [1.29, 1.82) is 0 Å².